The van der Waals surface area contributed by atoms with Gasteiger partial charge < -0.3 is 0 Å². The molecule has 1 aromatic heterocycles. The molecule has 0 saturated carbocycles. The van der Waals surface area contributed by atoms with E-state index in [4.69, 9.17) is 0 Å². The number of rotatable bonds is 7. The molecule has 0 unspecified atom stereocenters. The van der Waals surface area contributed by atoms with Gasteiger partial charge in [0.25, 0.3) is 0 Å². The second-order valence-corrected chi connectivity index (χ2v) is 4.55. The fraction of sp³-hybridized carbons (Fsp3) is 0.769. The first-order chi connectivity index (χ1) is 7.24. The quantitative estimate of drug-likeness (QED) is 0.620. The van der Waals surface area contributed by atoms with Crippen molar-refractivity contribution in [3.63, 3.8) is 0 Å². The van der Waals surface area contributed by atoms with Crippen LogP contribution >= 0.6 is 0 Å². The third kappa shape index (κ3) is 4.50. The van der Waals surface area contributed by atoms with Crippen molar-refractivity contribution in [1.82, 2.24) is 9.78 Å². The number of aryl methyl sites for hydroxylation is 1. The van der Waals surface area contributed by atoms with Gasteiger partial charge in [-0.05, 0) is 32.8 Å². The first-order valence-electron chi connectivity index (χ1n) is 6.28. The molecule has 0 aliphatic carbocycles. The molecule has 0 bridgehead atoms. The lowest BCUT2D eigenvalue weighted by Crippen LogP contribution is -2.01. The molecule has 0 aliphatic rings. The van der Waals surface area contributed by atoms with E-state index in [1.54, 1.807) is 0 Å². The topological polar surface area (TPSA) is 17.8 Å². The minimum atomic E-state index is 0.485. The van der Waals surface area contributed by atoms with Gasteiger partial charge in [0.2, 0.25) is 0 Å². The predicted molar refractivity (Wildman–Crippen MR) is 65.1 cm³/mol. The maximum absolute atomic E-state index is 4.54. The van der Waals surface area contributed by atoms with E-state index in [9.17, 15) is 0 Å². The Labute approximate surface area is 93.7 Å². The normalized spacial score (nSPS) is 11.2. The van der Waals surface area contributed by atoms with Crippen LogP contribution in [0, 0.1) is 0 Å². The Morgan fingerprint density at radius 2 is 1.93 bits per heavy atom. The standard InChI is InChI=1S/C13H24N2/c1-4-5-6-7-8-9-13-10-11-15(14-13)12(2)3/h10-12H,4-9H2,1-3H3. The van der Waals surface area contributed by atoms with Gasteiger partial charge in [0, 0.05) is 12.2 Å². The molecule has 2 nitrogen and oxygen atoms in total. The third-order valence-electron chi connectivity index (χ3n) is 2.73. The fourth-order valence-electron chi connectivity index (χ4n) is 1.71. The zero-order valence-corrected chi connectivity index (χ0v) is 10.4. The summed E-state index contributed by atoms with van der Waals surface area (Å²) in [6, 6.07) is 2.64. The molecule has 1 heterocycles. The van der Waals surface area contributed by atoms with Crippen LogP contribution in [0.2, 0.25) is 0 Å². The summed E-state index contributed by atoms with van der Waals surface area (Å²) >= 11 is 0. The molecule has 0 spiro atoms. The molecule has 2 heteroatoms. The molecule has 0 saturated heterocycles. The van der Waals surface area contributed by atoms with Crippen molar-refractivity contribution in [2.24, 2.45) is 0 Å². The van der Waals surface area contributed by atoms with Gasteiger partial charge in [-0.2, -0.15) is 5.10 Å². The molecule has 0 radical (unpaired) electrons. The molecule has 1 aromatic rings. The van der Waals surface area contributed by atoms with E-state index >= 15 is 0 Å². The minimum Gasteiger partial charge on any atom is -0.270 e. The van der Waals surface area contributed by atoms with Crippen LogP contribution in [0.3, 0.4) is 0 Å². The first-order valence-corrected chi connectivity index (χ1v) is 6.28. The van der Waals surface area contributed by atoms with Gasteiger partial charge in [-0.15, -0.1) is 0 Å². The Morgan fingerprint density at radius 1 is 1.20 bits per heavy atom. The highest BCUT2D eigenvalue weighted by atomic mass is 15.3. The second-order valence-electron chi connectivity index (χ2n) is 4.55. The number of hydrogen-bond donors (Lipinski definition) is 0. The van der Waals surface area contributed by atoms with Crippen molar-refractivity contribution >= 4 is 0 Å². The Morgan fingerprint density at radius 3 is 2.53 bits per heavy atom. The van der Waals surface area contributed by atoms with Crippen LogP contribution in [0.5, 0.6) is 0 Å². The summed E-state index contributed by atoms with van der Waals surface area (Å²) in [5, 5.41) is 4.54. The monoisotopic (exact) mass is 208 g/mol. The lowest BCUT2D eigenvalue weighted by molar-refractivity contribution is 0.523. The van der Waals surface area contributed by atoms with Gasteiger partial charge in [-0.3, -0.25) is 4.68 Å². The van der Waals surface area contributed by atoms with Crippen LogP contribution in [-0.2, 0) is 6.42 Å². The van der Waals surface area contributed by atoms with E-state index in [1.165, 1.54) is 37.8 Å². The van der Waals surface area contributed by atoms with E-state index in [2.05, 4.69) is 38.1 Å². The molecular formula is C13H24N2. The molecule has 0 aliphatic heterocycles. The zero-order chi connectivity index (χ0) is 11.1. The van der Waals surface area contributed by atoms with Gasteiger partial charge >= 0.3 is 0 Å². The van der Waals surface area contributed by atoms with E-state index < -0.39 is 0 Å². The van der Waals surface area contributed by atoms with Gasteiger partial charge in [0.1, 0.15) is 0 Å². The molecule has 0 N–H and O–H groups in total. The highest BCUT2D eigenvalue weighted by molar-refractivity contribution is 4.99. The summed E-state index contributed by atoms with van der Waals surface area (Å²) in [6.07, 6.45) is 9.94. The molecular weight excluding hydrogens is 184 g/mol. The maximum atomic E-state index is 4.54. The predicted octanol–water partition coefficient (Wildman–Crippen LogP) is 3.98. The summed E-state index contributed by atoms with van der Waals surface area (Å²) in [4.78, 5) is 0. The van der Waals surface area contributed by atoms with Crippen LogP contribution in [0.15, 0.2) is 12.3 Å². The Balaban J connectivity index is 2.20. The van der Waals surface area contributed by atoms with E-state index in [0.717, 1.165) is 6.42 Å². The minimum absolute atomic E-state index is 0.485. The summed E-state index contributed by atoms with van der Waals surface area (Å²) < 4.78 is 2.04. The number of hydrogen-bond acceptors (Lipinski definition) is 1. The maximum Gasteiger partial charge on any atom is 0.0624 e. The fourth-order valence-corrected chi connectivity index (χ4v) is 1.71. The van der Waals surface area contributed by atoms with Crippen LogP contribution in [0.25, 0.3) is 0 Å². The summed E-state index contributed by atoms with van der Waals surface area (Å²) in [6.45, 7) is 6.58. The highest BCUT2D eigenvalue weighted by Crippen LogP contribution is 2.09. The molecule has 86 valence electrons. The van der Waals surface area contributed by atoms with Crippen LogP contribution < -0.4 is 0 Å². The summed E-state index contributed by atoms with van der Waals surface area (Å²) in [7, 11) is 0. The summed E-state index contributed by atoms with van der Waals surface area (Å²) in [5.41, 5.74) is 1.25. The summed E-state index contributed by atoms with van der Waals surface area (Å²) in [5.74, 6) is 0. The Bertz CT molecular complexity index is 263. The lowest BCUT2D eigenvalue weighted by atomic mass is 10.1. The molecule has 0 aromatic carbocycles. The second kappa shape index (κ2) is 6.65. The molecule has 0 atom stereocenters. The van der Waals surface area contributed by atoms with Gasteiger partial charge in [-0.1, -0.05) is 32.6 Å². The van der Waals surface area contributed by atoms with Crippen molar-refractivity contribution in [3.8, 4) is 0 Å². The number of unbranched alkanes of at least 4 members (excludes halogenated alkanes) is 4. The van der Waals surface area contributed by atoms with Crippen LogP contribution in [0.4, 0.5) is 0 Å². The van der Waals surface area contributed by atoms with Crippen molar-refractivity contribution in [2.45, 2.75) is 65.3 Å². The molecule has 15 heavy (non-hydrogen) atoms. The molecule has 0 fully saturated rings. The molecule has 1 rings (SSSR count). The van der Waals surface area contributed by atoms with E-state index in [0.29, 0.717) is 6.04 Å². The number of aromatic nitrogens is 2. The van der Waals surface area contributed by atoms with Crippen molar-refractivity contribution in [3.05, 3.63) is 18.0 Å². The highest BCUT2D eigenvalue weighted by Gasteiger charge is 2.01. The Kier molecular flexibility index (Phi) is 5.44. The number of nitrogens with zero attached hydrogens (tertiary/aromatic N) is 2. The average Bonchev–Trinajstić information content (AvgIpc) is 2.66. The first kappa shape index (κ1) is 12.3. The van der Waals surface area contributed by atoms with Crippen LogP contribution in [-0.4, -0.2) is 9.78 Å². The van der Waals surface area contributed by atoms with E-state index in [-0.39, 0.29) is 0 Å². The third-order valence-corrected chi connectivity index (χ3v) is 2.73. The van der Waals surface area contributed by atoms with Gasteiger partial charge in [0.15, 0.2) is 0 Å². The van der Waals surface area contributed by atoms with Gasteiger partial charge in [-0.25, -0.2) is 0 Å². The van der Waals surface area contributed by atoms with Crippen molar-refractivity contribution < 1.29 is 0 Å². The smallest absolute Gasteiger partial charge is 0.0624 e. The molecule has 0 amide bonds. The lowest BCUT2D eigenvalue weighted by Gasteiger charge is -2.03. The van der Waals surface area contributed by atoms with Crippen LogP contribution in [0.1, 0.15) is 64.6 Å². The van der Waals surface area contributed by atoms with E-state index in [1.807, 2.05) is 4.68 Å². The largest absolute Gasteiger partial charge is 0.270 e. The zero-order valence-electron chi connectivity index (χ0n) is 10.4. The van der Waals surface area contributed by atoms with Crippen molar-refractivity contribution in [2.75, 3.05) is 0 Å². The van der Waals surface area contributed by atoms with Crippen molar-refractivity contribution in [1.29, 1.82) is 0 Å². The average molecular weight is 208 g/mol. The van der Waals surface area contributed by atoms with Gasteiger partial charge in [0.05, 0.1) is 5.69 Å². The Hall–Kier alpha value is -0.790. The SMILES string of the molecule is CCCCCCCc1ccn(C(C)C)n1.